The summed E-state index contributed by atoms with van der Waals surface area (Å²) in [5, 5.41) is 16.9. The zero-order valence-electron chi connectivity index (χ0n) is 17.3. The van der Waals surface area contributed by atoms with Crippen molar-refractivity contribution in [3.05, 3.63) is 71.9 Å². The number of halogens is 3. The Hall–Kier alpha value is -3.82. The van der Waals surface area contributed by atoms with Crippen LogP contribution in [0, 0.1) is 0 Å². The minimum Gasteiger partial charge on any atom is -0.508 e. The van der Waals surface area contributed by atoms with E-state index in [9.17, 15) is 23.1 Å². The Morgan fingerprint density at radius 1 is 1.25 bits per heavy atom. The molecule has 10 heteroatoms. The van der Waals surface area contributed by atoms with Gasteiger partial charge in [-0.05, 0) is 48.9 Å². The Morgan fingerprint density at radius 2 is 2.03 bits per heavy atom. The molecule has 1 aromatic carbocycles. The first-order valence-electron chi connectivity index (χ1n) is 9.77. The van der Waals surface area contributed by atoms with Gasteiger partial charge < -0.3 is 15.0 Å². The lowest BCUT2D eigenvalue weighted by atomic mass is 9.99. The van der Waals surface area contributed by atoms with Crippen LogP contribution in [0.1, 0.15) is 29.8 Å². The number of phenolic OH excluding ortho intramolecular Hbond substituents is 1. The van der Waals surface area contributed by atoms with Gasteiger partial charge in [0.05, 0.1) is 30.0 Å². The first-order chi connectivity index (χ1) is 15.1. The SMILES string of the molecule is CC(C(=O)NCc1cc(C(F)(F)F)nn1-c1cccnc1)c1cn(C)c2ccc(O)cc12. The second kappa shape index (κ2) is 8.03. The smallest absolute Gasteiger partial charge is 0.435 e. The molecule has 0 aliphatic rings. The van der Waals surface area contributed by atoms with Crippen LogP contribution in [-0.4, -0.2) is 30.3 Å². The Morgan fingerprint density at radius 3 is 2.72 bits per heavy atom. The molecule has 166 valence electrons. The van der Waals surface area contributed by atoms with E-state index in [1.54, 1.807) is 43.5 Å². The molecule has 0 radical (unpaired) electrons. The van der Waals surface area contributed by atoms with Crippen molar-refractivity contribution >= 4 is 16.8 Å². The summed E-state index contributed by atoms with van der Waals surface area (Å²) in [6, 6.07) is 8.98. The highest BCUT2D eigenvalue weighted by atomic mass is 19.4. The molecule has 0 spiro atoms. The van der Waals surface area contributed by atoms with Crippen molar-refractivity contribution < 1.29 is 23.1 Å². The van der Waals surface area contributed by atoms with Crippen LogP contribution in [0.25, 0.3) is 16.6 Å². The van der Waals surface area contributed by atoms with Crippen LogP contribution in [-0.2, 0) is 24.6 Å². The van der Waals surface area contributed by atoms with Crippen LogP contribution in [0.15, 0.2) is 55.0 Å². The molecule has 2 N–H and O–H groups in total. The highest BCUT2D eigenvalue weighted by Gasteiger charge is 2.35. The fourth-order valence-electron chi connectivity index (χ4n) is 3.61. The molecule has 1 amide bonds. The molecule has 32 heavy (non-hydrogen) atoms. The minimum atomic E-state index is -4.62. The lowest BCUT2D eigenvalue weighted by Gasteiger charge is -2.13. The van der Waals surface area contributed by atoms with E-state index in [0.29, 0.717) is 11.3 Å². The summed E-state index contributed by atoms with van der Waals surface area (Å²) in [6.45, 7) is 1.55. The predicted octanol–water partition coefficient (Wildman–Crippen LogP) is 3.90. The average molecular weight is 443 g/mol. The molecule has 0 bridgehead atoms. The molecule has 0 fully saturated rings. The van der Waals surface area contributed by atoms with Crippen LogP contribution >= 0.6 is 0 Å². The molecule has 0 aliphatic carbocycles. The van der Waals surface area contributed by atoms with Gasteiger partial charge in [-0.2, -0.15) is 18.3 Å². The van der Waals surface area contributed by atoms with E-state index in [1.165, 1.54) is 12.4 Å². The summed E-state index contributed by atoms with van der Waals surface area (Å²) in [6.07, 6.45) is 0.0763. The van der Waals surface area contributed by atoms with Crippen LogP contribution in [0.2, 0.25) is 0 Å². The van der Waals surface area contributed by atoms with E-state index < -0.39 is 17.8 Å². The van der Waals surface area contributed by atoms with E-state index in [-0.39, 0.29) is 23.9 Å². The van der Waals surface area contributed by atoms with Crippen molar-refractivity contribution in [3.8, 4) is 11.4 Å². The second-order valence-electron chi connectivity index (χ2n) is 7.48. The molecule has 1 unspecified atom stereocenters. The fraction of sp³-hybridized carbons (Fsp3) is 0.227. The standard InChI is InChI=1S/C22H20F3N5O2/c1-13(18-12-29(2)19-6-5-16(31)9-17(18)19)21(32)27-11-15-8-20(22(23,24)25)28-30(15)14-4-3-7-26-10-14/h3-10,12-13,31H,11H2,1-2H3,(H,27,32). The number of phenols is 1. The average Bonchev–Trinajstić information content (AvgIpc) is 3.33. The lowest BCUT2D eigenvalue weighted by Crippen LogP contribution is -2.28. The fourth-order valence-corrected chi connectivity index (χ4v) is 3.61. The number of alkyl halides is 3. The van der Waals surface area contributed by atoms with Crippen molar-refractivity contribution in [2.75, 3.05) is 0 Å². The summed E-state index contributed by atoms with van der Waals surface area (Å²) in [5.41, 5.74) is 1.02. The number of amides is 1. The van der Waals surface area contributed by atoms with Crippen molar-refractivity contribution in [2.45, 2.75) is 25.6 Å². The molecule has 4 aromatic rings. The van der Waals surface area contributed by atoms with Gasteiger partial charge in [0.15, 0.2) is 5.69 Å². The van der Waals surface area contributed by atoms with E-state index in [4.69, 9.17) is 0 Å². The number of rotatable bonds is 5. The number of aryl methyl sites for hydroxylation is 1. The van der Waals surface area contributed by atoms with E-state index in [1.807, 2.05) is 11.6 Å². The Bertz CT molecular complexity index is 1280. The Kier molecular flexibility index (Phi) is 5.37. The van der Waals surface area contributed by atoms with Gasteiger partial charge in [-0.1, -0.05) is 0 Å². The van der Waals surface area contributed by atoms with Gasteiger partial charge in [0.25, 0.3) is 0 Å². The third kappa shape index (κ3) is 4.03. The molecular weight excluding hydrogens is 423 g/mol. The third-order valence-corrected chi connectivity index (χ3v) is 5.27. The number of pyridine rings is 1. The van der Waals surface area contributed by atoms with Crippen LogP contribution in [0.4, 0.5) is 13.2 Å². The Labute approximate surface area is 181 Å². The molecular formula is C22H20F3N5O2. The van der Waals surface area contributed by atoms with Gasteiger partial charge in [-0.15, -0.1) is 0 Å². The first-order valence-corrected chi connectivity index (χ1v) is 9.77. The van der Waals surface area contributed by atoms with Gasteiger partial charge in [-0.25, -0.2) is 4.68 Å². The molecule has 7 nitrogen and oxygen atoms in total. The maximum atomic E-state index is 13.2. The molecule has 4 rings (SSSR count). The van der Waals surface area contributed by atoms with Gasteiger partial charge in [0.1, 0.15) is 5.75 Å². The summed E-state index contributed by atoms with van der Waals surface area (Å²) >= 11 is 0. The second-order valence-corrected chi connectivity index (χ2v) is 7.48. The summed E-state index contributed by atoms with van der Waals surface area (Å²) < 4.78 is 42.7. The Balaban J connectivity index is 1.59. The van der Waals surface area contributed by atoms with E-state index in [0.717, 1.165) is 21.7 Å². The van der Waals surface area contributed by atoms with Gasteiger partial charge in [0.2, 0.25) is 5.91 Å². The zero-order valence-corrected chi connectivity index (χ0v) is 17.3. The molecule has 0 saturated heterocycles. The number of benzene rings is 1. The maximum Gasteiger partial charge on any atom is 0.435 e. The normalized spacial score (nSPS) is 12.8. The maximum absolute atomic E-state index is 13.2. The van der Waals surface area contributed by atoms with Crippen molar-refractivity contribution in [1.29, 1.82) is 0 Å². The van der Waals surface area contributed by atoms with Crippen LogP contribution in [0.5, 0.6) is 5.75 Å². The number of nitrogens with one attached hydrogen (secondary N) is 1. The number of carbonyl (C=O) groups excluding carboxylic acids is 1. The van der Waals surface area contributed by atoms with Crippen molar-refractivity contribution in [2.24, 2.45) is 7.05 Å². The van der Waals surface area contributed by atoms with Crippen LogP contribution < -0.4 is 5.32 Å². The van der Waals surface area contributed by atoms with Gasteiger partial charge in [0, 0.05) is 30.3 Å². The third-order valence-electron chi connectivity index (χ3n) is 5.27. The number of hydrogen-bond donors (Lipinski definition) is 2. The summed E-state index contributed by atoms with van der Waals surface area (Å²) in [7, 11) is 1.83. The molecule has 3 heterocycles. The number of aromatic nitrogens is 4. The molecule has 0 saturated carbocycles. The quantitative estimate of drug-likeness (QED) is 0.490. The number of hydrogen-bond acceptors (Lipinski definition) is 4. The molecule has 1 atom stereocenters. The summed E-state index contributed by atoms with van der Waals surface area (Å²) in [5.74, 6) is -0.886. The van der Waals surface area contributed by atoms with Gasteiger partial charge >= 0.3 is 6.18 Å². The highest BCUT2D eigenvalue weighted by Crippen LogP contribution is 2.31. The first kappa shape index (κ1) is 21.4. The number of nitrogens with zero attached hydrogens (tertiary/aromatic N) is 4. The van der Waals surface area contributed by atoms with E-state index in [2.05, 4.69) is 15.4 Å². The number of carbonyl (C=O) groups is 1. The van der Waals surface area contributed by atoms with Gasteiger partial charge in [-0.3, -0.25) is 9.78 Å². The predicted molar refractivity (Wildman–Crippen MR) is 111 cm³/mol. The topological polar surface area (TPSA) is 85.0 Å². The number of aromatic hydroxyl groups is 1. The molecule has 3 aromatic heterocycles. The summed E-state index contributed by atoms with van der Waals surface area (Å²) in [4.78, 5) is 16.8. The largest absolute Gasteiger partial charge is 0.508 e. The zero-order chi connectivity index (χ0) is 23.0. The van der Waals surface area contributed by atoms with Crippen LogP contribution in [0.3, 0.4) is 0 Å². The highest BCUT2D eigenvalue weighted by molar-refractivity contribution is 5.92. The number of fused-ring (bicyclic) bond motifs is 1. The molecule has 0 aliphatic heterocycles. The van der Waals surface area contributed by atoms with Crippen molar-refractivity contribution in [3.63, 3.8) is 0 Å². The van der Waals surface area contributed by atoms with Crippen molar-refractivity contribution in [1.82, 2.24) is 24.6 Å². The van der Waals surface area contributed by atoms with E-state index >= 15 is 0 Å². The lowest BCUT2D eigenvalue weighted by molar-refractivity contribution is -0.141. The minimum absolute atomic E-state index is 0.0811. The monoisotopic (exact) mass is 443 g/mol.